The van der Waals surface area contributed by atoms with Crippen molar-refractivity contribution >= 4 is 0 Å². The van der Waals surface area contributed by atoms with Crippen LogP contribution in [0.3, 0.4) is 0 Å². The van der Waals surface area contributed by atoms with Crippen LogP contribution in [0, 0.1) is 0 Å². The summed E-state index contributed by atoms with van der Waals surface area (Å²) in [5.41, 5.74) is 1.04. The topological polar surface area (TPSA) is 9.23 Å². The molecule has 0 atom stereocenters. The Hall–Kier alpha value is -1.15. The van der Waals surface area contributed by atoms with Gasteiger partial charge < -0.3 is 4.74 Å². The van der Waals surface area contributed by atoms with Crippen molar-refractivity contribution in [1.29, 1.82) is 0 Å². The number of hydrogen-bond donors (Lipinski definition) is 0. The average Bonchev–Trinajstić information content (AvgIpc) is 2.05. The van der Waals surface area contributed by atoms with Gasteiger partial charge in [-0.05, 0) is 5.56 Å². The number of benzene rings is 1. The zero-order chi connectivity index (χ0) is 8.81. The molecule has 0 bridgehead atoms. The second kappa shape index (κ2) is 4.67. The second-order valence-corrected chi connectivity index (χ2v) is 2.50. The summed E-state index contributed by atoms with van der Waals surface area (Å²) in [7, 11) is 0. The lowest BCUT2D eigenvalue weighted by Crippen LogP contribution is -1.94. The highest BCUT2D eigenvalue weighted by Gasteiger charge is 1.92. The minimum atomic E-state index is -0.439. The minimum absolute atomic E-state index is 0.0190. The molecule has 1 nitrogen and oxygen atoms in total. The van der Waals surface area contributed by atoms with Crippen molar-refractivity contribution in [1.82, 2.24) is 0 Å². The van der Waals surface area contributed by atoms with E-state index in [1.807, 2.05) is 30.3 Å². The smallest absolute Gasteiger partial charge is 0.118 e. The van der Waals surface area contributed by atoms with Crippen molar-refractivity contribution in [2.24, 2.45) is 0 Å². The van der Waals surface area contributed by atoms with Gasteiger partial charge >= 0.3 is 0 Å². The Labute approximate surface area is 71.5 Å². The third-order valence-electron chi connectivity index (χ3n) is 1.37. The molecule has 1 aromatic rings. The summed E-state index contributed by atoms with van der Waals surface area (Å²) < 4.78 is 17.1. The maximum Gasteiger partial charge on any atom is 0.118 e. The monoisotopic (exact) mass is 166 g/mol. The number of ether oxygens (including phenoxy) is 1. The van der Waals surface area contributed by atoms with E-state index in [1.54, 1.807) is 0 Å². The Morgan fingerprint density at radius 1 is 1.33 bits per heavy atom. The SMILES string of the molecule is C=C(F)COCc1ccccc1. The summed E-state index contributed by atoms with van der Waals surface area (Å²) in [5, 5.41) is 0. The van der Waals surface area contributed by atoms with Gasteiger partial charge in [-0.3, -0.25) is 0 Å². The van der Waals surface area contributed by atoms with Gasteiger partial charge in [-0.25, -0.2) is 4.39 Å². The quantitative estimate of drug-likeness (QED) is 0.668. The third kappa shape index (κ3) is 3.30. The molecule has 0 aromatic heterocycles. The molecule has 0 saturated carbocycles. The highest BCUT2D eigenvalue weighted by Crippen LogP contribution is 2.01. The van der Waals surface area contributed by atoms with E-state index in [2.05, 4.69) is 6.58 Å². The fourth-order valence-corrected chi connectivity index (χ4v) is 0.854. The highest BCUT2D eigenvalue weighted by molar-refractivity contribution is 5.13. The van der Waals surface area contributed by atoms with Crippen LogP contribution in [0.2, 0.25) is 0 Å². The first-order valence-electron chi connectivity index (χ1n) is 3.74. The Balaban J connectivity index is 2.29. The maximum atomic E-state index is 12.1. The van der Waals surface area contributed by atoms with Crippen molar-refractivity contribution in [3.8, 4) is 0 Å². The van der Waals surface area contributed by atoms with Gasteiger partial charge in [-0.2, -0.15) is 0 Å². The lowest BCUT2D eigenvalue weighted by Gasteiger charge is -2.01. The Bertz CT molecular complexity index is 243. The summed E-state index contributed by atoms with van der Waals surface area (Å²) in [5.74, 6) is -0.439. The van der Waals surface area contributed by atoms with Gasteiger partial charge in [0.1, 0.15) is 5.83 Å². The molecule has 12 heavy (non-hydrogen) atoms. The molecular weight excluding hydrogens is 155 g/mol. The number of rotatable bonds is 4. The Kier molecular flexibility index (Phi) is 3.48. The van der Waals surface area contributed by atoms with E-state index in [0.29, 0.717) is 6.61 Å². The maximum absolute atomic E-state index is 12.1. The van der Waals surface area contributed by atoms with Gasteiger partial charge in [0.15, 0.2) is 0 Å². The van der Waals surface area contributed by atoms with E-state index in [1.165, 1.54) is 0 Å². The summed E-state index contributed by atoms with van der Waals surface area (Å²) in [6.45, 7) is 3.51. The van der Waals surface area contributed by atoms with E-state index < -0.39 is 5.83 Å². The molecule has 0 aliphatic heterocycles. The van der Waals surface area contributed by atoms with Crippen LogP contribution in [-0.4, -0.2) is 6.61 Å². The second-order valence-electron chi connectivity index (χ2n) is 2.50. The van der Waals surface area contributed by atoms with Gasteiger partial charge in [0.2, 0.25) is 0 Å². The van der Waals surface area contributed by atoms with Crippen molar-refractivity contribution in [2.75, 3.05) is 6.61 Å². The van der Waals surface area contributed by atoms with Crippen molar-refractivity contribution in [3.63, 3.8) is 0 Å². The average molecular weight is 166 g/mol. The van der Waals surface area contributed by atoms with Gasteiger partial charge in [-0.15, -0.1) is 0 Å². The van der Waals surface area contributed by atoms with Gasteiger partial charge in [0.25, 0.3) is 0 Å². The zero-order valence-electron chi connectivity index (χ0n) is 6.79. The van der Waals surface area contributed by atoms with Crippen molar-refractivity contribution in [3.05, 3.63) is 48.3 Å². The van der Waals surface area contributed by atoms with Crippen LogP contribution in [0.1, 0.15) is 5.56 Å². The first-order chi connectivity index (χ1) is 5.79. The molecule has 1 rings (SSSR count). The summed E-state index contributed by atoms with van der Waals surface area (Å²) >= 11 is 0. The van der Waals surface area contributed by atoms with Crippen LogP contribution in [0.25, 0.3) is 0 Å². The molecule has 0 aliphatic carbocycles. The standard InChI is InChI=1S/C10H11FO/c1-9(11)7-12-8-10-5-3-2-4-6-10/h2-6H,1,7-8H2. The van der Waals surface area contributed by atoms with Crippen LogP contribution >= 0.6 is 0 Å². The summed E-state index contributed by atoms with van der Waals surface area (Å²) in [6, 6.07) is 9.63. The molecule has 64 valence electrons. The van der Waals surface area contributed by atoms with E-state index >= 15 is 0 Å². The molecule has 0 heterocycles. The summed E-state index contributed by atoms with van der Waals surface area (Å²) in [6.07, 6.45) is 0. The van der Waals surface area contributed by atoms with Gasteiger partial charge in [-0.1, -0.05) is 36.9 Å². The Morgan fingerprint density at radius 3 is 2.58 bits per heavy atom. The first kappa shape index (κ1) is 8.94. The van der Waals surface area contributed by atoms with Crippen molar-refractivity contribution in [2.45, 2.75) is 6.61 Å². The van der Waals surface area contributed by atoms with Gasteiger partial charge in [0, 0.05) is 0 Å². The summed E-state index contributed by atoms with van der Waals surface area (Å²) in [4.78, 5) is 0. The van der Waals surface area contributed by atoms with Crippen molar-refractivity contribution < 1.29 is 9.13 Å². The molecule has 0 aliphatic rings. The molecule has 0 saturated heterocycles. The lowest BCUT2D eigenvalue weighted by molar-refractivity contribution is 0.130. The molecule has 0 amide bonds. The molecule has 1 aromatic carbocycles. The normalized spacial score (nSPS) is 9.75. The zero-order valence-corrected chi connectivity index (χ0v) is 6.79. The van der Waals surface area contributed by atoms with E-state index in [9.17, 15) is 4.39 Å². The first-order valence-corrected chi connectivity index (χ1v) is 3.74. The molecular formula is C10H11FO. The lowest BCUT2D eigenvalue weighted by atomic mass is 10.2. The van der Waals surface area contributed by atoms with E-state index in [4.69, 9.17) is 4.74 Å². The molecule has 0 fully saturated rings. The third-order valence-corrected chi connectivity index (χ3v) is 1.37. The van der Waals surface area contributed by atoms with E-state index in [-0.39, 0.29) is 6.61 Å². The fourth-order valence-electron chi connectivity index (χ4n) is 0.854. The van der Waals surface area contributed by atoms with Crippen LogP contribution in [0.4, 0.5) is 4.39 Å². The van der Waals surface area contributed by atoms with Crippen LogP contribution in [-0.2, 0) is 11.3 Å². The molecule has 0 radical (unpaired) electrons. The number of halogens is 1. The Morgan fingerprint density at radius 2 is 2.00 bits per heavy atom. The largest absolute Gasteiger partial charge is 0.370 e. The molecule has 2 heteroatoms. The fraction of sp³-hybridized carbons (Fsp3) is 0.200. The van der Waals surface area contributed by atoms with Crippen LogP contribution < -0.4 is 0 Å². The predicted molar refractivity (Wildman–Crippen MR) is 46.3 cm³/mol. The number of hydrogen-bond acceptors (Lipinski definition) is 1. The minimum Gasteiger partial charge on any atom is -0.370 e. The molecule has 0 unspecified atom stereocenters. The van der Waals surface area contributed by atoms with Gasteiger partial charge in [0.05, 0.1) is 13.2 Å². The highest BCUT2D eigenvalue weighted by atomic mass is 19.1. The predicted octanol–water partition coefficient (Wildman–Crippen LogP) is 2.69. The van der Waals surface area contributed by atoms with Crippen LogP contribution in [0.15, 0.2) is 42.7 Å². The molecule has 0 N–H and O–H groups in total. The van der Waals surface area contributed by atoms with E-state index in [0.717, 1.165) is 5.56 Å². The van der Waals surface area contributed by atoms with Crippen LogP contribution in [0.5, 0.6) is 0 Å². The molecule has 0 spiro atoms.